The molecule has 0 unspecified atom stereocenters. The molecule has 0 spiro atoms. The molecule has 1 saturated heterocycles. The molecule has 2 aliphatic rings. The zero-order valence-electron chi connectivity index (χ0n) is 17.0. The van der Waals surface area contributed by atoms with Crippen LogP contribution in [-0.4, -0.2) is 54.7 Å². The van der Waals surface area contributed by atoms with Gasteiger partial charge < -0.3 is 0 Å². The Bertz CT molecular complexity index is 986. The van der Waals surface area contributed by atoms with Gasteiger partial charge in [-0.2, -0.15) is 4.31 Å². The highest BCUT2D eigenvalue weighted by Crippen LogP contribution is 2.29. The van der Waals surface area contributed by atoms with Gasteiger partial charge >= 0.3 is 0 Å². The van der Waals surface area contributed by atoms with Crippen LogP contribution in [0.25, 0.3) is 0 Å². The number of carbonyl (C=O) groups excluding carboxylic acids is 1. The SMILES string of the molecule is CCCN1CCc2nc(NC(=O)c3ccc(S(=O)(=O)N4CCCC4)cc3)sc2C1.Cl. The van der Waals surface area contributed by atoms with Crippen molar-refractivity contribution in [3.63, 3.8) is 0 Å². The van der Waals surface area contributed by atoms with Gasteiger partial charge in [-0.1, -0.05) is 6.92 Å². The van der Waals surface area contributed by atoms with Crippen LogP contribution in [0.5, 0.6) is 0 Å². The molecule has 10 heteroatoms. The Morgan fingerprint density at radius 2 is 1.87 bits per heavy atom. The molecule has 164 valence electrons. The van der Waals surface area contributed by atoms with E-state index in [2.05, 4.69) is 22.1 Å². The molecule has 2 aliphatic heterocycles. The minimum Gasteiger partial charge on any atom is -0.298 e. The summed E-state index contributed by atoms with van der Waals surface area (Å²) in [6.07, 6.45) is 3.83. The van der Waals surface area contributed by atoms with E-state index in [1.807, 2.05) is 0 Å². The highest BCUT2D eigenvalue weighted by atomic mass is 35.5. The number of anilines is 1. The number of thiazole rings is 1. The fourth-order valence-electron chi connectivity index (χ4n) is 3.83. The Morgan fingerprint density at radius 3 is 2.53 bits per heavy atom. The van der Waals surface area contributed by atoms with Crippen LogP contribution in [0.3, 0.4) is 0 Å². The van der Waals surface area contributed by atoms with E-state index < -0.39 is 10.0 Å². The first kappa shape index (κ1) is 23.1. The number of nitrogens with zero attached hydrogens (tertiary/aromatic N) is 3. The molecule has 1 aromatic heterocycles. The normalized spacial score (nSPS) is 17.4. The minimum absolute atomic E-state index is 0. The van der Waals surface area contributed by atoms with E-state index in [4.69, 9.17) is 0 Å². The standard InChI is InChI=1S/C20H26N4O3S2.ClH/c1-2-10-23-13-9-17-18(14-23)28-20(21-17)22-19(25)15-5-7-16(8-6-15)29(26,27)24-11-3-4-12-24;/h5-8H,2-4,9-14H2,1H3,(H,21,22,25);1H. The van der Waals surface area contributed by atoms with Gasteiger partial charge in [0.05, 0.1) is 10.6 Å². The Balaban J connectivity index is 0.00000256. The lowest BCUT2D eigenvalue weighted by Gasteiger charge is -2.24. The van der Waals surface area contributed by atoms with Gasteiger partial charge in [0.15, 0.2) is 5.13 Å². The molecule has 1 fully saturated rings. The number of rotatable bonds is 6. The van der Waals surface area contributed by atoms with Crippen molar-refractivity contribution in [2.24, 2.45) is 0 Å². The third-order valence-corrected chi connectivity index (χ3v) is 8.30. The van der Waals surface area contributed by atoms with Crippen molar-refractivity contribution in [1.82, 2.24) is 14.2 Å². The maximum Gasteiger partial charge on any atom is 0.257 e. The molecule has 4 rings (SSSR count). The molecule has 1 amide bonds. The van der Waals surface area contributed by atoms with E-state index in [-0.39, 0.29) is 23.2 Å². The number of benzene rings is 1. The number of sulfonamides is 1. The Morgan fingerprint density at radius 1 is 1.17 bits per heavy atom. The van der Waals surface area contributed by atoms with Crippen molar-refractivity contribution < 1.29 is 13.2 Å². The largest absolute Gasteiger partial charge is 0.298 e. The van der Waals surface area contributed by atoms with Crippen LogP contribution in [0, 0.1) is 0 Å². The number of hydrogen-bond acceptors (Lipinski definition) is 6. The monoisotopic (exact) mass is 470 g/mol. The number of halogens is 1. The summed E-state index contributed by atoms with van der Waals surface area (Å²) in [4.78, 5) is 21.0. The van der Waals surface area contributed by atoms with Crippen LogP contribution >= 0.6 is 23.7 Å². The van der Waals surface area contributed by atoms with Gasteiger partial charge in [0, 0.05) is 43.0 Å². The third-order valence-electron chi connectivity index (χ3n) is 5.39. The van der Waals surface area contributed by atoms with Crippen LogP contribution in [0.4, 0.5) is 5.13 Å². The Hall–Kier alpha value is -1.52. The Labute approximate surface area is 187 Å². The number of carbonyl (C=O) groups is 1. The molecule has 1 N–H and O–H groups in total. The van der Waals surface area contributed by atoms with Crippen molar-refractivity contribution in [2.75, 3.05) is 31.5 Å². The second-order valence-electron chi connectivity index (χ2n) is 7.50. The van der Waals surface area contributed by atoms with Crippen molar-refractivity contribution in [3.05, 3.63) is 40.4 Å². The highest BCUT2D eigenvalue weighted by molar-refractivity contribution is 7.89. The number of aromatic nitrogens is 1. The average Bonchev–Trinajstić information content (AvgIpc) is 3.38. The summed E-state index contributed by atoms with van der Waals surface area (Å²) in [5.41, 5.74) is 1.50. The quantitative estimate of drug-likeness (QED) is 0.699. The van der Waals surface area contributed by atoms with Crippen LogP contribution in [0.2, 0.25) is 0 Å². The van der Waals surface area contributed by atoms with Gasteiger partial charge in [0.1, 0.15) is 0 Å². The molecular formula is C20H27ClN4O3S2. The molecule has 2 aromatic rings. The van der Waals surface area contributed by atoms with Crippen LogP contribution in [-0.2, 0) is 23.0 Å². The first-order valence-electron chi connectivity index (χ1n) is 10.1. The summed E-state index contributed by atoms with van der Waals surface area (Å²) in [6, 6.07) is 6.15. The zero-order valence-corrected chi connectivity index (χ0v) is 19.4. The van der Waals surface area contributed by atoms with Gasteiger partial charge in [0.2, 0.25) is 10.0 Å². The van der Waals surface area contributed by atoms with Crippen molar-refractivity contribution in [3.8, 4) is 0 Å². The lowest BCUT2D eigenvalue weighted by molar-refractivity contribution is 0.102. The van der Waals surface area contributed by atoms with Gasteiger partial charge in [-0.15, -0.1) is 23.7 Å². The fourth-order valence-corrected chi connectivity index (χ4v) is 6.40. The second-order valence-corrected chi connectivity index (χ2v) is 10.5. The topological polar surface area (TPSA) is 82.6 Å². The molecule has 1 aromatic carbocycles. The smallest absolute Gasteiger partial charge is 0.257 e. The molecule has 0 bridgehead atoms. The maximum absolute atomic E-state index is 12.6. The molecule has 7 nitrogen and oxygen atoms in total. The molecule has 30 heavy (non-hydrogen) atoms. The fraction of sp³-hybridized carbons (Fsp3) is 0.500. The van der Waals surface area contributed by atoms with Gasteiger partial charge in [0.25, 0.3) is 5.91 Å². The summed E-state index contributed by atoms with van der Waals surface area (Å²) in [7, 11) is -3.47. The van der Waals surface area contributed by atoms with E-state index in [9.17, 15) is 13.2 Å². The Kier molecular flexibility index (Phi) is 7.52. The maximum atomic E-state index is 12.6. The van der Waals surface area contributed by atoms with Gasteiger partial charge in [-0.25, -0.2) is 13.4 Å². The van der Waals surface area contributed by atoms with Crippen molar-refractivity contribution >= 4 is 44.8 Å². The van der Waals surface area contributed by atoms with E-state index in [0.29, 0.717) is 23.8 Å². The molecular weight excluding hydrogens is 444 g/mol. The lowest BCUT2D eigenvalue weighted by Crippen LogP contribution is -2.30. The molecule has 3 heterocycles. The van der Waals surface area contributed by atoms with E-state index in [0.717, 1.165) is 51.0 Å². The summed E-state index contributed by atoms with van der Waals surface area (Å²) in [5, 5.41) is 3.47. The van der Waals surface area contributed by atoms with E-state index in [1.165, 1.54) is 32.7 Å². The third kappa shape index (κ3) is 4.86. The number of nitrogens with one attached hydrogen (secondary N) is 1. The summed E-state index contributed by atoms with van der Waals surface area (Å²) in [5.74, 6) is -0.272. The van der Waals surface area contributed by atoms with Crippen LogP contribution in [0.1, 0.15) is 47.1 Å². The van der Waals surface area contributed by atoms with Gasteiger partial charge in [-0.3, -0.25) is 15.0 Å². The zero-order chi connectivity index (χ0) is 20.4. The summed E-state index contributed by atoms with van der Waals surface area (Å²) < 4.78 is 26.7. The number of fused-ring (bicyclic) bond motifs is 1. The molecule has 0 aliphatic carbocycles. The summed E-state index contributed by atoms with van der Waals surface area (Å²) in [6.45, 7) is 6.27. The first-order valence-corrected chi connectivity index (χ1v) is 12.4. The van der Waals surface area contributed by atoms with Crippen molar-refractivity contribution in [2.45, 2.75) is 44.0 Å². The highest BCUT2D eigenvalue weighted by Gasteiger charge is 2.27. The van der Waals surface area contributed by atoms with Crippen LogP contribution < -0.4 is 5.32 Å². The van der Waals surface area contributed by atoms with Gasteiger partial charge in [-0.05, 0) is 50.1 Å². The van der Waals surface area contributed by atoms with Crippen LogP contribution in [0.15, 0.2) is 29.2 Å². The van der Waals surface area contributed by atoms with E-state index >= 15 is 0 Å². The summed E-state index contributed by atoms with van der Waals surface area (Å²) >= 11 is 1.52. The number of amides is 1. The first-order chi connectivity index (χ1) is 14.0. The second kappa shape index (κ2) is 9.74. The number of hydrogen-bond donors (Lipinski definition) is 1. The molecule has 0 saturated carbocycles. The molecule has 0 radical (unpaired) electrons. The lowest BCUT2D eigenvalue weighted by atomic mass is 10.2. The predicted octanol–water partition coefficient (Wildman–Crippen LogP) is 3.37. The minimum atomic E-state index is -3.47. The average molecular weight is 471 g/mol. The predicted molar refractivity (Wildman–Crippen MR) is 121 cm³/mol. The van der Waals surface area contributed by atoms with E-state index in [1.54, 1.807) is 12.1 Å². The van der Waals surface area contributed by atoms with Crippen molar-refractivity contribution in [1.29, 1.82) is 0 Å². The molecule has 0 atom stereocenters.